The van der Waals surface area contributed by atoms with E-state index < -0.39 is 17.7 Å². The molecule has 0 bridgehead atoms. The monoisotopic (exact) mass is 281 g/mol. The van der Waals surface area contributed by atoms with E-state index in [-0.39, 0.29) is 12.3 Å². The maximum Gasteiger partial charge on any atom is 0.410 e. The standard InChI is InChI=1S/C13H19N3O4/c1-5-19-11(17)10-8-6-16(7-9(8)14-15-10)12(18)20-13(2,3)4/h5-7H2,1-4H3,(H,14,15). The van der Waals surface area contributed by atoms with E-state index >= 15 is 0 Å². The number of H-pyrrole nitrogens is 1. The van der Waals surface area contributed by atoms with Crippen LogP contribution in [0.25, 0.3) is 0 Å². The van der Waals surface area contributed by atoms with Crippen molar-refractivity contribution in [2.75, 3.05) is 6.61 Å². The van der Waals surface area contributed by atoms with Gasteiger partial charge in [-0.3, -0.25) is 10.00 Å². The summed E-state index contributed by atoms with van der Waals surface area (Å²) in [5.74, 6) is -0.476. The Hall–Kier alpha value is -2.05. The summed E-state index contributed by atoms with van der Waals surface area (Å²) >= 11 is 0. The highest BCUT2D eigenvalue weighted by Crippen LogP contribution is 2.25. The first kappa shape index (κ1) is 14.4. The normalized spacial score (nSPS) is 14.1. The molecule has 0 aromatic carbocycles. The van der Waals surface area contributed by atoms with Crippen molar-refractivity contribution >= 4 is 12.1 Å². The van der Waals surface area contributed by atoms with Crippen LogP contribution >= 0.6 is 0 Å². The fourth-order valence-electron chi connectivity index (χ4n) is 1.96. The van der Waals surface area contributed by atoms with Gasteiger partial charge in [0.05, 0.1) is 25.4 Å². The lowest BCUT2D eigenvalue weighted by Gasteiger charge is -2.24. The summed E-state index contributed by atoms with van der Waals surface area (Å²) in [6.45, 7) is 8.11. The minimum absolute atomic E-state index is 0.243. The molecule has 1 aromatic heterocycles. The van der Waals surface area contributed by atoms with Crippen LogP contribution in [0.5, 0.6) is 0 Å². The number of hydrogen-bond donors (Lipinski definition) is 1. The van der Waals surface area contributed by atoms with E-state index in [1.807, 2.05) is 20.8 Å². The number of aromatic nitrogens is 2. The lowest BCUT2D eigenvalue weighted by atomic mass is 10.2. The molecule has 0 unspecified atom stereocenters. The van der Waals surface area contributed by atoms with Crippen molar-refractivity contribution < 1.29 is 19.1 Å². The summed E-state index contributed by atoms with van der Waals surface area (Å²) in [5.41, 5.74) is 1.15. The van der Waals surface area contributed by atoms with Crippen LogP contribution < -0.4 is 0 Å². The molecule has 2 heterocycles. The van der Waals surface area contributed by atoms with Gasteiger partial charge in [0.2, 0.25) is 0 Å². The third-order valence-corrected chi connectivity index (χ3v) is 2.77. The van der Waals surface area contributed by atoms with Crippen LogP contribution in [-0.4, -0.2) is 39.4 Å². The molecular weight excluding hydrogens is 262 g/mol. The van der Waals surface area contributed by atoms with Crippen LogP contribution in [0.3, 0.4) is 0 Å². The number of hydrogen-bond acceptors (Lipinski definition) is 5. The van der Waals surface area contributed by atoms with Crippen molar-refractivity contribution in [1.82, 2.24) is 15.1 Å². The molecular formula is C13H19N3O4. The van der Waals surface area contributed by atoms with Gasteiger partial charge in [0.25, 0.3) is 0 Å². The van der Waals surface area contributed by atoms with Crippen molar-refractivity contribution in [3.8, 4) is 0 Å². The molecule has 2 rings (SSSR count). The summed E-state index contributed by atoms with van der Waals surface area (Å²) in [6, 6.07) is 0. The first-order valence-electron chi connectivity index (χ1n) is 6.53. The molecule has 0 fully saturated rings. The molecule has 1 aliphatic heterocycles. The molecule has 7 nitrogen and oxygen atoms in total. The maximum absolute atomic E-state index is 12.0. The van der Waals surface area contributed by atoms with E-state index in [1.165, 1.54) is 4.90 Å². The second-order valence-electron chi connectivity index (χ2n) is 5.59. The Morgan fingerprint density at radius 3 is 2.65 bits per heavy atom. The topological polar surface area (TPSA) is 84.5 Å². The van der Waals surface area contributed by atoms with Gasteiger partial charge in [-0.1, -0.05) is 0 Å². The maximum atomic E-state index is 12.0. The predicted octanol–water partition coefficient (Wildman–Crippen LogP) is 1.84. The van der Waals surface area contributed by atoms with Gasteiger partial charge in [-0.15, -0.1) is 0 Å². The van der Waals surface area contributed by atoms with Crippen LogP contribution in [0.15, 0.2) is 0 Å². The van der Waals surface area contributed by atoms with E-state index in [4.69, 9.17) is 9.47 Å². The Labute approximate surface area is 117 Å². The zero-order valence-electron chi connectivity index (χ0n) is 12.1. The van der Waals surface area contributed by atoms with Crippen LogP contribution in [0.2, 0.25) is 0 Å². The van der Waals surface area contributed by atoms with Gasteiger partial charge in [-0.25, -0.2) is 9.59 Å². The summed E-state index contributed by atoms with van der Waals surface area (Å²) in [6.07, 6.45) is -0.406. The number of carbonyl (C=O) groups excluding carboxylic acids is 2. The molecule has 0 spiro atoms. The first-order chi connectivity index (χ1) is 9.31. The molecule has 0 aliphatic carbocycles. The average Bonchev–Trinajstić information content (AvgIpc) is 2.85. The molecule has 0 radical (unpaired) electrons. The molecule has 1 aliphatic rings. The van der Waals surface area contributed by atoms with Crippen molar-refractivity contribution in [1.29, 1.82) is 0 Å². The van der Waals surface area contributed by atoms with Crippen molar-refractivity contribution in [2.24, 2.45) is 0 Å². The average molecular weight is 281 g/mol. The van der Waals surface area contributed by atoms with Gasteiger partial charge in [0.15, 0.2) is 5.69 Å². The SMILES string of the molecule is CCOC(=O)c1n[nH]c2c1CN(C(=O)OC(C)(C)C)C2. The Balaban J connectivity index is 2.08. The molecule has 0 saturated heterocycles. The smallest absolute Gasteiger partial charge is 0.410 e. The van der Waals surface area contributed by atoms with Gasteiger partial charge in [-0.05, 0) is 27.7 Å². The minimum atomic E-state index is -0.546. The summed E-state index contributed by atoms with van der Waals surface area (Å²) in [7, 11) is 0. The van der Waals surface area contributed by atoms with Gasteiger partial charge in [0.1, 0.15) is 5.60 Å². The highest BCUT2D eigenvalue weighted by Gasteiger charge is 2.33. The van der Waals surface area contributed by atoms with Crippen molar-refractivity contribution in [3.63, 3.8) is 0 Å². The summed E-state index contributed by atoms with van der Waals surface area (Å²) < 4.78 is 10.2. The Kier molecular flexibility index (Phi) is 3.69. The molecule has 0 saturated carbocycles. The molecule has 0 atom stereocenters. The molecule has 1 aromatic rings. The third kappa shape index (κ3) is 2.92. The predicted molar refractivity (Wildman–Crippen MR) is 70.0 cm³/mol. The van der Waals surface area contributed by atoms with Gasteiger partial charge >= 0.3 is 12.1 Å². The molecule has 110 valence electrons. The van der Waals surface area contributed by atoms with Gasteiger partial charge in [0, 0.05) is 5.56 Å². The number of ether oxygens (including phenoxy) is 2. The fraction of sp³-hybridized carbons (Fsp3) is 0.615. The van der Waals surface area contributed by atoms with Crippen LogP contribution in [0, 0.1) is 0 Å². The highest BCUT2D eigenvalue weighted by molar-refractivity contribution is 5.89. The third-order valence-electron chi connectivity index (χ3n) is 2.77. The van der Waals surface area contributed by atoms with E-state index in [0.717, 1.165) is 5.69 Å². The summed E-state index contributed by atoms with van der Waals surface area (Å²) in [4.78, 5) is 25.2. The number of nitrogens with one attached hydrogen (secondary N) is 1. The second-order valence-corrected chi connectivity index (χ2v) is 5.59. The second kappa shape index (κ2) is 5.15. The molecule has 7 heteroatoms. The molecule has 20 heavy (non-hydrogen) atoms. The molecule has 1 N–H and O–H groups in total. The number of aromatic amines is 1. The number of carbonyl (C=O) groups is 2. The van der Waals surface area contributed by atoms with Crippen molar-refractivity contribution in [2.45, 2.75) is 46.4 Å². The van der Waals surface area contributed by atoms with Crippen LogP contribution in [0.1, 0.15) is 49.4 Å². The lowest BCUT2D eigenvalue weighted by Crippen LogP contribution is -2.33. The highest BCUT2D eigenvalue weighted by atomic mass is 16.6. The lowest BCUT2D eigenvalue weighted by molar-refractivity contribution is 0.0236. The van der Waals surface area contributed by atoms with Crippen LogP contribution in [0.4, 0.5) is 4.79 Å². The van der Waals surface area contributed by atoms with E-state index in [1.54, 1.807) is 6.92 Å². The van der Waals surface area contributed by atoms with Gasteiger partial charge < -0.3 is 9.47 Å². The number of fused-ring (bicyclic) bond motifs is 1. The largest absolute Gasteiger partial charge is 0.461 e. The number of esters is 1. The quantitative estimate of drug-likeness (QED) is 0.836. The number of amides is 1. The van der Waals surface area contributed by atoms with Crippen LogP contribution in [-0.2, 0) is 22.6 Å². The Bertz CT molecular complexity index is 530. The Morgan fingerprint density at radius 1 is 1.35 bits per heavy atom. The number of rotatable bonds is 2. The van der Waals surface area contributed by atoms with E-state index in [9.17, 15) is 9.59 Å². The zero-order valence-corrected chi connectivity index (χ0v) is 12.1. The van der Waals surface area contributed by atoms with Gasteiger partial charge in [-0.2, -0.15) is 5.10 Å². The Morgan fingerprint density at radius 2 is 2.05 bits per heavy atom. The minimum Gasteiger partial charge on any atom is -0.461 e. The van der Waals surface area contributed by atoms with E-state index in [2.05, 4.69) is 10.2 Å². The first-order valence-corrected chi connectivity index (χ1v) is 6.53. The molecule has 1 amide bonds. The fourth-order valence-corrected chi connectivity index (χ4v) is 1.96. The van der Waals surface area contributed by atoms with E-state index in [0.29, 0.717) is 18.7 Å². The number of nitrogens with zero attached hydrogens (tertiary/aromatic N) is 2. The van der Waals surface area contributed by atoms with Crippen molar-refractivity contribution in [3.05, 3.63) is 17.0 Å². The summed E-state index contributed by atoms with van der Waals surface area (Å²) in [5, 5.41) is 6.72. The zero-order chi connectivity index (χ0) is 14.9.